The Morgan fingerprint density at radius 3 is 1.25 bits per heavy atom. The summed E-state index contributed by atoms with van der Waals surface area (Å²) < 4.78 is 9.56. The van der Waals surface area contributed by atoms with E-state index >= 15 is 0 Å². The van der Waals surface area contributed by atoms with E-state index in [0.717, 1.165) is 0 Å². The van der Waals surface area contributed by atoms with Gasteiger partial charge in [0.15, 0.2) is 0 Å². The third-order valence-electron chi connectivity index (χ3n) is 0. The van der Waals surface area contributed by atoms with E-state index in [-0.39, 0.29) is 0 Å². The topological polar surface area (TPSA) is 17.1 Å². The van der Waals surface area contributed by atoms with Crippen LogP contribution in [0.1, 0.15) is 0 Å². The lowest BCUT2D eigenvalue weighted by molar-refractivity contribution is 0.690. The summed E-state index contributed by atoms with van der Waals surface area (Å²) in [4.78, 5) is -0.750. The molecular weight excluding hydrogens is 189 g/mol. The van der Waals surface area contributed by atoms with Crippen LogP contribution in [-0.2, 0) is 10.8 Å². The first-order chi connectivity index (χ1) is 3.46. The highest BCUT2D eigenvalue weighted by Gasteiger charge is 1.91. The highest BCUT2D eigenvalue weighted by molar-refractivity contribution is 7.83. The fraction of sp³-hybridized carbons (Fsp3) is 1.00. The van der Waals surface area contributed by atoms with Gasteiger partial charge < -0.3 is 0 Å². The lowest BCUT2D eigenvalue weighted by atomic mass is 10.7. The molecule has 0 atom stereocenters. The fourth-order valence-corrected chi connectivity index (χ4v) is 0. The predicted molar refractivity (Wildman–Crippen MR) is 43.3 cm³/mol. The Morgan fingerprint density at radius 1 is 1.25 bits per heavy atom. The highest BCUT2D eigenvalue weighted by atomic mass is 35.6. The third kappa shape index (κ3) is 223. The second kappa shape index (κ2) is 8.08. The normalized spacial score (nSPS) is 7.75. The number of hydrogen-bond acceptors (Lipinski definition) is 1. The molecule has 1 nitrogen and oxygen atoms in total. The Balaban J connectivity index is 0. The molecule has 0 amide bonds. The molecule has 50 valence electrons. The van der Waals surface area contributed by atoms with Crippen molar-refractivity contribution in [3.05, 3.63) is 0 Å². The molecule has 0 aromatic rings. The van der Waals surface area contributed by atoms with Crippen molar-refractivity contribution < 1.29 is 4.21 Å². The molecule has 0 spiro atoms. The van der Waals surface area contributed by atoms with Crippen LogP contribution in [-0.4, -0.2) is 21.7 Å². The number of hydrogen-bond donors (Lipinski definition) is 0. The first-order valence-electron chi connectivity index (χ1n) is 1.64. The predicted octanol–water partition coefficient (Wildman–Crippen LogP) is 1.68. The van der Waals surface area contributed by atoms with Gasteiger partial charge in [0.2, 0.25) is 0 Å². The summed E-state index contributed by atoms with van der Waals surface area (Å²) >= 11 is 14.4. The van der Waals surface area contributed by atoms with Crippen molar-refractivity contribution >= 4 is 50.1 Å². The molecule has 0 saturated carbocycles. The lowest BCUT2D eigenvalue weighted by Crippen LogP contribution is -1.70. The largest absolute Gasteiger partial charge is 0.450 e. The van der Waals surface area contributed by atoms with Gasteiger partial charge in [-0.1, -0.05) is 0 Å². The lowest BCUT2D eigenvalue weighted by Gasteiger charge is -1.61. The Hall–Kier alpha value is 1.08. The third-order valence-corrected chi connectivity index (χ3v) is 0. The summed E-state index contributed by atoms with van der Waals surface area (Å²) in [6, 6.07) is 0. The van der Waals surface area contributed by atoms with E-state index in [0.29, 0.717) is 0 Å². The highest BCUT2D eigenvalue weighted by Crippen LogP contribution is 1.97. The van der Waals surface area contributed by atoms with Gasteiger partial charge in [-0.15, -0.1) is 0 Å². The standard InChI is InChI=1S/C2H6OS.BCl3/c1-4(2)3;2-1(3)4/h1-2H3;. The van der Waals surface area contributed by atoms with Gasteiger partial charge in [-0.3, -0.25) is 4.21 Å². The van der Waals surface area contributed by atoms with Gasteiger partial charge >= 0.3 is 4.96 Å². The van der Waals surface area contributed by atoms with Gasteiger partial charge in [-0.05, 0) is 0 Å². The van der Waals surface area contributed by atoms with Crippen LogP contribution in [0.4, 0.5) is 0 Å². The monoisotopic (exact) mass is 194 g/mol. The minimum atomic E-state index is -0.750. The molecule has 0 aliphatic carbocycles. The molecule has 0 fully saturated rings. The van der Waals surface area contributed by atoms with Gasteiger partial charge in [-0.25, -0.2) is 0 Å². The summed E-state index contributed by atoms with van der Waals surface area (Å²) in [7, 11) is -0.611. The average molecular weight is 195 g/mol. The molecule has 0 rings (SSSR count). The first kappa shape index (κ1) is 11.8. The van der Waals surface area contributed by atoms with Crippen molar-refractivity contribution in [2.75, 3.05) is 12.5 Å². The molecule has 8 heavy (non-hydrogen) atoms. The van der Waals surface area contributed by atoms with E-state index < -0.39 is 15.8 Å². The van der Waals surface area contributed by atoms with E-state index in [1.807, 2.05) is 0 Å². The maximum Gasteiger partial charge on any atom is 0.450 e. The second-order valence-electron chi connectivity index (χ2n) is 0.989. The van der Waals surface area contributed by atoms with Crippen molar-refractivity contribution in [2.24, 2.45) is 0 Å². The zero-order valence-electron chi connectivity index (χ0n) is 4.53. The van der Waals surface area contributed by atoms with Crippen LogP contribution in [0, 0.1) is 0 Å². The van der Waals surface area contributed by atoms with Crippen LogP contribution >= 0.6 is 34.4 Å². The minimum absolute atomic E-state index is 0.611. The smallest absolute Gasteiger partial charge is 0.260 e. The van der Waals surface area contributed by atoms with Crippen LogP contribution < -0.4 is 0 Å². The quantitative estimate of drug-likeness (QED) is 0.537. The van der Waals surface area contributed by atoms with Crippen molar-refractivity contribution in [3.8, 4) is 0 Å². The van der Waals surface area contributed by atoms with Crippen LogP contribution in [0.5, 0.6) is 0 Å². The summed E-state index contributed by atoms with van der Waals surface area (Å²) in [6.07, 6.45) is 3.28. The van der Waals surface area contributed by atoms with Crippen LogP contribution in [0.3, 0.4) is 0 Å². The van der Waals surface area contributed by atoms with Gasteiger partial charge in [-0.2, -0.15) is 34.4 Å². The van der Waals surface area contributed by atoms with Gasteiger partial charge in [0, 0.05) is 23.3 Å². The molecule has 0 radical (unpaired) electrons. The van der Waals surface area contributed by atoms with E-state index in [4.69, 9.17) is 34.4 Å². The Labute approximate surface area is 67.0 Å². The molecule has 0 bridgehead atoms. The summed E-state index contributed by atoms with van der Waals surface area (Å²) in [6.45, 7) is 0. The van der Waals surface area contributed by atoms with Gasteiger partial charge in [0.25, 0.3) is 0 Å². The molecule has 0 unspecified atom stereocenters. The maximum atomic E-state index is 9.56. The maximum absolute atomic E-state index is 9.56. The molecule has 0 aromatic carbocycles. The van der Waals surface area contributed by atoms with Crippen molar-refractivity contribution in [1.29, 1.82) is 0 Å². The molecule has 0 heterocycles. The van der Waals surface area contributed by atoms with E-state index in [1.54, 1.807) is 12.5 Å². The van der Waals surface area contributed by atoms with Crippen LogP contribution in [0.2, 0.25) is 0 Å². The van der Waals surface area contributed by atoms with E-state index in [1.165, 1.54) is 0 Å². The summed E-state index contributed by atoms with van der Waals surface area (Å²) in [5, 5.41) is 0. The Morgan fingerprint density at radius 2 is 1.25 bits per heavy atom. The molecule has 0 saturated heterocycles. The number of rotatable bonds is 0. The molecule has 0 N–H and O–H groups in total. The van der Waals surface area contributed by atoms with Crippen molar-refractivity contribution in [3.63, 3.8) is 0 Å². The van der Waals surface area contributed by atoms with Crippen LogP contribution in [0.25, 0.3) is 0 Å². The zero-order valence-corrected chi connectivity index (χ0v) is 7.61. The average Bonchev–Trinajstić information content (AvgIpc) is 1.25. The Kier molecular flexibility index (Phi) is 12.0. The molecule has 6 heteroatoms. The first-order valence-corrected chi connectivity index (χ1v) is 4.91. The van der Waals surface area contributed by atoms with Crippen molar-refractivity contribution in [1.82, 2.24) is 0 Å². The second-order valence-corrected chi connectivity index (χ2v) is 4.45. The van der Waals surface area contributed by atoms with Crippen molar-refractivity contribution in [2.45, 2.75) is 0 Å². The molecule has 0 aliphatic rings. The van der Waals surface area contributed by atoms with E-state index in [2.05, 4.69) is 0 Å². The molecular formula is C2H6BCl3OS. The van der Waals surface area contributed by atoms with E-state index in [9.17, 15) is 4.21 Å². The summed E-state index contributed by atoms with van der Waals surface area (Å²) in [5.74, 6) is 0. The fourth-order valence-electron chi connectivity index (χ4n) is 0. The molecule has 0 aromatic heterocycles. The zero-order chi connectivity index (χ0) is 7.15. The minimum Gasteiger partial charge on any atom is -0.260 e. The molecule has 0 aliphatic heterocycles. The van der Waals surface area contributed by atoms with Gasteiger partial charge in [0.1, 0.15) is 0 Å². The number of halogens is 3. The Bertz CT molecular complexity index is 61.5. The van der Waals surface area contributed by atoms with Gasteiger partial charge in [0.05, 0.1) is 0 Å². The summed E-state index contributed by atoms with van der Waals surface area (Å²) in [5.41, 5.74) is 0. The van der Waals surface area contributed by atoms with Crippen LogP contribution in [0.15, 0.2) is 0 Å². The SMILES string of the molecule is CS(C)=O.ClB(Cl)Cl.